The molecule has 2 unspecified atom stereocenters. The van der Waals surface area contributed by atoms with Crippen LogP contribution in [-0.4, -0.2) is 19.7 Å². The van der Waals surface area contributed by atoms with Crippen LogP contribution in [0.3, 0.4) is 0 Å². The fraction of sp³-hybridized carbons (Fsp3) is 0.667. The molecule has 2 heteroatoms. The molecule has 0 heterocycles. The van der Waals surface area contributed by atoms with Crippen molar-refractivity contribution in [2.75, 3.05) is 13.7 Å². The number of hydrogen-bond acceptors (Lipinski definition) is 2. The molecule has 1 saturated carbocycles. The molecule has 1 fully saturated rings. The van der Waals surface area contributed by atoms with Gasteiger partial charge in [0.15, 0.2) is 0 Å². The highest BCUT2D eigenvalue weighted by molar-refractivity contribution is 5.46. The van der Waals surface area contributed by atoms with E-state index >= 15 is 0 Å². The van der Waals surface area contributed by atoms with Crippen LogP contribution in [0.15, 0.2) is 12.1 Å². The van der Waals surface area contributed by atoms with E-state index in [1.807, 2.05) is 0 Å². The highest BCUT2D eigenvalue weighted by Gasteiger charge is 2.31. The van der Waals surface area contributed by atoms with Crippen LogP contribution in [0, 0.1) is 19.8 Å². The van der Waals surface area contributed by atoms with Crippen molar-refractivity contribution in [3.63, 3.8) is 0 Å². The van der Waals surface area contributed by atoms with Gasteiger partial charge < -0.3 is 10.1 Å². The van der Waals surface area contributed by atoms with Crippen molar-refractivity contribution in [3.8, 4) is 5.75 Å². The van der Waals surface area contributed by atoms with Gasteiger partial charge >= 0.3 is 0 Å². The van der Waals surface area contributed by atoms with Crippen molar-refractivity contribution < 1.29 is 4.74 Å². The first kappa shape index (κ1) is 15.4. The third kappa shape index (κ3) is 3.35. The quantitative estimate of drug-likeness (QED) is 0.870. The molecule has 2 atom stereocenters. The van der Waals surface area contributed by atoms with E-state index in [2.05, 4.69) is 45.1 Å². The van der Waals surface area contributed by atoms with Gasteiger partial charge in [0.2, 0.25) is 0 Å². The first-order valence-electron chi connectivity index (χ1n) is 7.91. The molecule has 2 rings (SSSR count). The zero-order valence-electron chi connectivity index (χ0n) is 13.6. The minimum absolute atomic E-state index is 0.567. The van der Waals surface area contributed by atoms with Crippen LogP contribution in [0.2, 0.25) is 0 Å². The molecule has 2 nitrogen and oxygen atoms in total. The van der Waals surface area contributed by atoms with Crippen molar-refractivity contribution in [3.05, 3.63) is 28.8 Å². The van der Waals surface area contributed by atoms with Crippen molar-refractivity contribution >= 4 is 0 Å². The third-order valence-corrected chi connectivity index (χ3v) is 4.53. The fourth-order valence-corrected chi connectivity index (χ4v) is 3.63. The van der Waals surface area contributed by atoms with Gasteiger partial charge in [0.05, 0.1) is 7.11 Å². The summed E-state index contributed by atoms with van der Waals surface area (Å²) in [6.45, 7) is 9.95. The molecule has 0 amide bonds. The molecule has 1 aromatic carbocycles. The molecule has 1 N–H and O–H groups in total. The lowest BCUT2D eigenvalue weighted by Gasteiger charge is -2.25. The largest absolute Gasteiger partial charge is 0.496 e. The highest BCUT2D eigenvalue weighted by atomic mass is 16.5. The number of hydrogen-bond donors (Lipinski definition) is 1. The summed E-state index contributed by atoms with van der Waals surface area (Å²) in [6.07, 6.45) is 3.97. The van der Waals surface area contributed by atoms with Gasteiger partial charge in [0.25, 0.3) is 0 Å². The van der Waals surface area contributed by atoms with E-state index < -0.39 is 0 Å². The van der Waals surface area contributed by atoms with Crippen LogP contribution in [0.25, 0.3) is 0 Å². The molecule has 0 radical (unpaired) electrons. The number of aryl methyl sites for hydroxylation is 2. The lowest BCUT2D eigenvalue weighted by atomic mass is 9.85. The zero-order chi connectivity index (χ0) is 14.7. The highest BCUT2D eigenvalue weighted by Crippen LogP contribution is 2.44. The molecular formula is C18H29NO. The van der Waals surface area contributed by atoms with Crippen molar-refractivity contribution in [1.29, 1.82) is 0 Å². The Balaban J connectivity index is 2.25. The second kappa shape index (κ2) is 6.62. The van der Waals surface area contributed by atoms with Crippen LogP contribution in [-0.2, 0) is 0 Å². The van der Waals surface area contributed by atoms with E-state index in [1.54, 1.807) is 7.11 Å². The fourth-order valence-electron chi connectivity index (χ4n) is 3.63. The minimum Gasteiger partial charge on any atom is -0.496 e. The van der Waals surface area contributed by atoms with Crippen LogP contribution in [0.5, 0.6) is 5.75 Å². The average molecular weight is 275 g/mol. The molecule has 20 heavy (non-hydrogen) atoms. The summed E-state index contributed by atoms with van der Waals surface area (Å²) >= 11 is 0. The van der Waals surface area contributed by atoms with E-state index in [9.17, 15) is 0 Å². The summed E-state index contributed by atoms with van der Waals surface area (Å²) in [7, 11) is 1.80. The van der Waals surface area contributed by atoms with Gasteiger partial charge in [-0.25, -0.2) is 0 Å². The van der Waals surface area contributed by atoms with Gasteiger partial charge in [-0.2, -0.15) is 0 Å². The third-order valence-electron chi connectivity index (χ3n) is 4.53. The van der Waals surface area contributed by atoms with Gasteiger partial charge in [-0.1, -0.05) is 26.3 Å². The van der Waals surface area contributed by atoms with Crippen LogP contribution >= 0.6 is 0 Å². The van der Waals surface area contributed by atoms with Crippen LogP contribution in [0.1, 0.15) is 55.7 Å². The first-order chi connectivity index (χ1) is 9.52. The Kier molecular flexibility index (Phi) is 5.09. The first-order valence-corrected chi connectivity index (χ1v) is 7.91. The molecule has 0 spiro atoms. The Labute approximate surface area is 123 Å². The summed E-state index contributed by atoms with van der Waals surface area (Å²) in [5.74, 6) is 2.48. The Bertz CT molecular complexity index is 453. The lowest BCUT2D eigenvalue weighted by Crippen LogP contribution is -2.30. The molecule has 1 aliphatic carbocycles. The Hall–Kier alpha value is -1.02. The Morgan fingerprint density at radius 2 is 2.00 bits per heavy atom. The molecule has 1 aliphatic rings. The number of nitrogens with one attached hydrogen (secondary N) is 1. The maximum Gasteiger partial charge on any atom is 0.122 e. The maximum absolute atomic E-state index is 5.67. The monoisotopic (exact) mass is 275 g/mol. The molecule has 1 aromatic rings. The minimum atomic E-state index is 0.567. The van der Waals surface area contributed by atoms with E-state index in [4.69, 9.17) is 4.74 Å². The topological polar surface area (TPSA) is 21.3 Å². The predicted octanol–water partition coefficient (Wildman–Crippen LogP) is 4.19. The number of ether oxygens (including phenoxy) is 1. The summed E-state index contributed by atoms with van der Waals surface area (Å²) in [5, 5.41) is 3.61. The number of benzene rings is 1. The molecule has 0 saturated heterocycles. The van der Waals surface area contributed by atoms with Crippen molar-refractivity contribution in [1.82, 2.24) is 5.32 Å². The smallest absolute Gasteiger partial charge is 0.122 e. The standard InChI is InChI=1S/C18H29NO/c1-12(2)19-11-15-7-6-8-16(15)18-14(4)9-13(3)10-17(18)20-5/h9-10,12,15-16,19H,6-8,11H2,1-5H3. The summed E-state index contributed by atoms with van der Waals surface area (Å²) in [5.41, 5.74) is 4.13. The van der Waals surface area contributed by atoms with Crippen LogP contribution in [0.4, 0.5) is 0 Å². The molecule has 0 aliphatic heterocycles. The summed E-state index contributed by atoms with van der Waals surface area (Å²) in [6, 6.07) is 5.05. The molecular weight excluding hydrogens is 246 g/mol. The Morgan fingerprint density at radius 1 is 1.25 bits per heavy atom. The summed E-state index contributed by atoms with van der Waals surface area (Å²) < 4.78 is 5.67. The van der Waals surface area contributed by atoms with Gasteiger partial charge in [-0.05, 0) is 62.3 Å². The maximum atomic E-state index is 5.67. The number of methoxy groups -OCH3 is 1. The summed E-state index contributed by atoms with van der Waals surface area (Å²) in [4.78, 5) is 0. The van der Waals surface area contributed by atoms with Crippen molar-refractivity contribution in [2.45, 2.75) is 58.9 Å². The van der Waals surface area contributed by atoms with Crippen LogP contribution < -0.4 is 10.1 Å². The predicted molar refractivity (Wildman–Crippen MR) is 85.7 cm³/mol. The lowest BCUT2D eigenvalue weighted by molar-refractivity contribution is 0.383. The second-order valence-electron chi connectivity index (χ2n) is 6.56. The van der Waals surface area contributed by atoms with Gasteiger partial charge in [0.1, 0.15) is 5.75 Å². The van der Waals surface area contributed by atoms with Gasteiger partial charge in [-0.15, -0.1) is 0 Å². The molecule has 0 aromatic heterocycles. The van der Waals surface area contributed by atoms with E-state index in [1.165, 1.54) is 36.0 Å². The second-order valence-corrected chi connectivity index (χ2v) is 6.56. The average Bonchev–Trinajstić information content (AvgIpc) is 2.83. The van der Waals surface area contributed by atoms with Gasteiger partial charge in [0, 0.05) is 11.6 Å². The molecule has 112 valence electrons. The van der Waals surface area contributed by atoms with Gasteiger partial charge in [-0.3, -0.25) is 0 Å². The molecule has 0 bridgehead atoms. The van der Waals surface area contributed by atoms with E-state index in [-0.39, 0.29) is 0 Å². The van der Waals surface area contributed by atoms with E-state index in [0.29, 0.717) is 12.0 Å². The number of rotatable bonds is 5. The van der Waals surface area contributed by atoms with Crippen molar-refractivity contribution in [2.24, 2.45) is 5.92 Å². The SMILES string of the molecule is COc1cc(C)cc(C)c1C1CCCC1CNC(C)C. The zero-order valence-corrected chi connectivity index (χ0v) is 13.6. The van der Waals surface area contributed by atoms with E-state index in [0.717, 1.165) is 18.2 Å². The Morgan fingerprint density at radius 3 is 2.65 bits per heavy atom. The normalized spacial score (nSPS) is 22.5.